The number of carbonyl (C=O) groups excluding carboxylic acids is 1. The quantitative estimate of drug-likeness (QED) is 0.298. The Kier molecular flexibility index (Phi) is 7.23. The first-order chi connectivity index (χ1) is 17.5. The van der Waals surface area contributed by atoms with E-state index in [1.54, 1.807) is 54.6 Å². The van der Waals surface area contributed by atoms with Crippen LogP contribution in [-0.4, -0.2) is 46.9 Å². The van der Waals surface area contributed by atoms with E-state index in [2.05, 4.69) is 15.0 Å². The van der Waals surface area contributed by atoms with Gasteiger partial charge >= 0.3 is 0 Å². The van der Waals surface area contributed by atoms with Gasteiger partial charge in [0, 0.05) is 42.8 Å². The van der Waals surface area contributed by atoms with E-state index in [0.29, 0.717) is 22.9 Å². The van der Waals surface area contributed by atoms with E-state index in [0.717, 1.165) is 37.3 Å². The van der Waals surface area contributed by atoms with Crippen LogP contribution >= 0.6 is 11.6 Å². The number of rotatable bonds is 7. The Morgan fingerprint density at radius 1 is 0.861 bits per heavy atom. The lowest BCUT2D eigenvalue weighted by atomic mass is 9.96. The van der Waals surface area contributed by atoms with Gasteiger partial charge in [0.05, 0.1) is 12.6 Å². The molecule has 0 aliphatic carbocycles. The summed E-state index contributed by atoms with van der Waals surface area (Å²) >= 11 is 5.90. The van der Waals surface area contributed by atoms with Crippen molar-refractivity contribution in [3.8, 4) is 0 Å². The molecule has 4 aromatic rings. The van der Waals surface area contributed by atoms with Crippen LogP contribution in [0.2, 0.25) is 5.02 Å². The Balaban J connectivity index is 1.25. The summed E-state index contributed by atoms with van der Waals surface area (Å²) in [5.41, 5.74) is 2.67. The average molecular weight is 508 g/mol. The van der Waals surface area contributed by atoms with E-state index in [9.17, 15) is 13.6 Å². The molecule has 184 valence electrons. The molecule has 36 heavy (non-hydrogen) atoms. The second-order valence-corrected chi connectivity index (χ2v) is 9.27. The minimum Gasteiger partial charge on any atom is -0.359 e. The molecule has 1 aromatic heterocycles. The molecule has 3 aromatic carbocycles. The number of nitrogens with zero attached hydrogens (tertiary/aromatic N) is 3. The van der Waals surface area contributed by atoms with Gasteiger partial charge in [-0.15, -0.1) is 0 Å². The third-order valence-corrected chi connectivity index (χ3v) is 6.67. The molecule has 0 N–H and O–H groups in total. The summed E-state index contributed by atoms with van der Waals surface area (Å²) in [4.78, 5) is 17.2. The van der Waals surface area contributed by atoms with E-state index in [-0.39, 0.29) is 29.2 Å². The number of carbonyl (C=O) groups is 1. The molecule has 5 nitrogen and oxygen atoms in total. The highest BCUT2D eigenvalue weighted by molar-refractivity contribution is 6.30. The van der Waals surface area contributed by atoms with Crippen LogP contribution in [-0.2, 0) is 6.54 Å². The van der Waals surface area contributed by atoms with Crippen LogP contribution in [0, 0.1) is 11.6 Å². The topological polar surface area (TPSA) is 49.6 Å². The van der Waals surface area contributed by atoms with Gasteiger partial charge in [-0.25, -0.2) is 8.78 Å². The molecule has 5 rings (SSSR count). The molecule has 8 heteroatoms. The third-order valence-electron chi connectivity index (χ3n) is 6.42. The molecule has 0 unspecified atom stereocenters. The number of hydrogen-bond donors (Lipinski definition) is 0. The summed E-state index contributed by atoms with van der Waals surface area (Å²) < 4.78 is 32.6. The Hall–Kier alpha value is -3.39. The van der Waals surface area contributed by atoms with Crippen LogP contribution in [0.1, 0.15) is 39.0 Å². The van der Waals surface area contributed by atoms with Crippen LogP contribution < -0.4 is 0 Å². The summed E-state index contributed by atoms with van der Waals surface area (Å²) in [7, 11) is 0. The zero-order valence-electron chi connectivity index (χ0n) is 19.4. The molecule has 0 amide bonds. The minimum atomic E-state index is -0.289. The van der Waals surface area contributed by atoms with Crippen molar-refractivity contribution in [1.82, 2.24) is 15.0 Å². The largest absolute Gasteiger partial charge is 0.359 e. The summed E-state index contributed by atoms with van der Waals surface area (Å²) in [6, 6.07) is 21.2. The van der Waals surface area contributed by atoms with Gasteiger partial charge in [-0.1, -0.05) is 41.0 Å². The Bertz CT molecular complexity index is 1270. The van der Waals surface area contributed by atoms with Crippen molar-refractivity contribution in [2.45, 2.75) is 12.6 Å². The van der Waals surface area contributed by atoms with Crippen LogP contribution in [0.3, 0.4) is 0 Å². The summed E-state index contributed by atoms with van der Waals surface area (Å²) in [6.45, 7) is 3.57. The van der Waals surface area contributed by atoms with Crippen molar-refractivity contribution >= 4 is 17.4 Å². The Morgan fingerprint density at radius 3 is 1.97 bits per heavy atom. The molecule has 1 saturated heterocycles. The number of piperazine rings is 1. The zero-order valence-corrected chi connectivity index (χ0v) is 20.2. The van der Waals surface area contributed by atoms with E-state index >= 15 is 0 Å². The molecule has 0 atom stereocenters. The van der Waals surface area contributed by atoms with Gasteiger partial charge in [0.15, 0.2) is 11.5 Å². The molecule has 0 radical (unpaired) electrons. The molecular weight excluding hydrogens is 484 g/mol. The summed E-state index contributed by atoms with van der Waals surface area (Å²) in [5.74, 6) is -0.174. The Morgan fingerprint density at radius 2 is 1.42 bits per heavy atom. The number of halogens is 3. The summed E-state index contributed by atoms with van der Waals surface area (Å²) in [5, 5.41) is 4.52. The lowest BCUT2D eigenvalue weighted by Gasteiger charge is -2.39. The third kappa shape index (κ3) is 5.54. The lowest BCUT2D eigenvalue weighted by Crippen LogP contribution is -2.47. The van der Waals surface area contributed by atoms with Crippen molar-refractivity contribution in [2.75, 3.05) is 26.2 Å². The van der Waals surface area contributed by atoms with E-state index < -0.39 is 0 Å². The highest BCUT2D eigenvalue weighted by Crippen LogP contribution is 2.30. The second kappa shape index (κ2) is 10.7. The first kappa shape index (κ1) is 24.3. The molecule has 2 heterocycles. The first-order valence-electron chi connectivity index (χ1n) is 11.7. The smallest absolute Gasteiger partial charge is 0.214 e. The molecule has 1 fully saturated rings. The maximum absolute atomic E-state index is 13.6. The van der Waals surface area contributed by atoms with Crippen molar-refractivity contribution in [1.29, 1.82) is 0 Å². The monoisotopic (exact) mass is 507 g/mol. The van der Waals surface area contributed by atoms with Gasteiger partial charge in [-0.3, -0.25) is 14.6 Å². The standard InChI is InChI=1S/C28H24ClF2N3O2/c29-22-7-1-21(2-8-22)28(35)26-17-25(36-32-26)18-33-13-15-34(16-14-33)27(19-3-9-23(30)10-4-19)20-5-11-24(31)12-6-20/h1-12,17,27H,13-16,18H2. The van der Waals surface area contributed by atoms with Gasteiger partial charge in [0.25, 0.3) is 0 Å². The fraction of sp³-hybridized carbons (Fsp3) is 0.214. The van der Waals surface area contributed by atoms with Gasteiger partial charge < -0.3 is 4.52 Å². The van der Waals surface area contributed by atoms with Crippen LogP contribution in [0.4, 0.5) is 8.78 Å². The molecule has 0 bridgehead atoms. The summed E-state index contributed by atoms with van der Waals surface area (Å²) in [6.07, 6.45) is 0. The SMILES string of the molecule is O=C(c1ccc(Cl)cc1)c1cc(CN2CCN(C(c3ccc(F)cc3)c3ccc(F)cc3)CC2)on1. The number of hydrogen-bond acceptors (Lipinski definition) is 5. The van der Waals surface area contributed by atoms with E-state index in [1.165, 1.54) is 24.3 Å². The predicted molar refractivity (Wildman–Crippen MR) is 133 cm³/mol. The van der Waals surface area contributed by atoms with Gasteiger partial charge in [0.2, 0.25) is 5.78 Å². The van der Waals surface area contributed by atoms with E-state index in [4.69, 9.17) is 16.1 Å². The normalized spacial score (nSPS) is 14.9. The second-order valence-electron chi connectivity index (χ2n) is 8.83. The van der Waals surface area contributed by atoms with Crippen LogP contribution in [0.5, 0.6) is 0 Å². The maximum atomic E-state index is 13.6. The average Bonchev–Trinajstić information content (AvgIpc) is 3.36. The highest BCUT2D eigenvalue weighted by Gasteiger charge is 2.27. The van der Waals surface area contributed by atoms with Crippen LogP contribution in [0.25, 0.3) is 0 Å². The highest BCUT2D eigenvalue weighted by atomic mass is 35.5. The molecule has 0 spiro atoms. The zero-order chi connectivity index (χ0) is 25.1. The maximum Gasteiger partial charge on any atom is 0.214 e. The van der Waals surface area contributed by atoms with Gasteiger partial charge in [0.1, 0.15) is 11.6 Å². The fourth-order valence-electron chi connectivity index (χ4n) is 4.55. The lowest BCUT2D eigenvalue weighted by molar-refractivity contribution is 0.0976. The van der Waals surface area contributed by atoms with Gasteiger partial charge in [-0.05, 0) is 59.7 Å². The molecule has 1 aliphatic heterocycles. The number of ketones is 1. The van der Waals surface area contributed by atoms with Crippen molar-refractivity contribution in [3.63, 3.8) is 0 Å². The Labute approximate surface area is 212 Å². The molecule has 1 aliphatic rings. The molecule has 0 saturated carbocycles. The predicted octanol–water partition coefficient (Wildman–Crippen LogP) is 5.74. The van der Waals surface area contributed by atoms with Crippen molar-refractivity contribution in [2.24, 2.45) is 0 Å². The minimum absolute atomic E-state index is 0.109. The number of benzene rings is 3. The van der Waals surface area contributed by atoms with Gasteiger partial charge in [-0.2, -0.15) is 0 Å². The van der Waals surface area contributed by atoms with Crippen molar-refractivity contribution in [3.05, 3.63) is 124 Å². The molecular formula is C28H24ClF2N3O2. The van der Waals surface area contributed by atoms with Crippen LogP contribution in [0.15, 0.2) is 83.4 Å². The number of aromatic nitrogens is 1. The fourth-order valence-corrected chi connectivity index (χ4v) is 4.67. The first-order valence-corrected chi connectivity index (χ1v) is 12.1. The van der Waals surface area contributed by atoms with Crippen molar-refractivity contribution < 1.29 is 18.1 Å². The van der Waals surface area contributed by atoms with E-state index in [1.807, 2.05) is 0 Å².